The molecule has 0 unspecified atom stereocenters. The lowest BCUT2D eigenvalue weighted by Gasteiger charge is -2.25. The number of rotatable bonds is 5. The summed E-state index contributed by atoms with van der Waals surface area (Å²) < 4.78 is 13.8. The standard InChI is InChI=1S/C52H32O2/c1-2-13-34(32-14-5-3-6-15-32)44-24-12-25-45-43-23-11-20-40-37(28-31-48(51(40)43)54-52(44)45)36-27-30-47-50-39(36)19-10-22-42(50)41-21-9-18-38-35(33-16-7-4-8-17-33)26-29-46(53-47)49(38)41/h2-31H,1H2/b34-13-. The Labute approximate surface area is 312 Å². The Bertz CT molecular complexity index is 3180. The average Bonchev–Trinajstić information content (AvgIpc) is 3.37. The summed E-state index contributed by atoms with van der Waals surface area (Å²) in [6.45, 7) is 4.03. The van der Waals surface area contributed by atoms with Crippen molar-refractivity contribution in [3.05, 3.63) is 200 Å². The fourth-order valence-corrected chi connectivity index (χ4v) is 8.77. The maximum Gasteiger partial charge on any atom is 0.143 e. The molecule has 0 fully saturated rings. The van der Waals surface area contributed by atoms with E-state index in [1.54, 1.807) is 0 Å². The molecule has 2 heterocycles. The zero-order valence-corrected chi connectivity index (χ0v) is 29.3. The lowest BCUT2D eigenvalue weighted by atomic mass is 9.86. The van der Waals surface area contributed by atoms with Gasteiger partial charge in [0.2, 0.25) is 0 Å². The van der Waals surface area contributed by atoms with Crippen LogP contribution in [0.15, 0.2) is 193 Å². The lowest BCUT2D eigenvalue weighted by Crippen LogP contribution is -2.02. The molecule has 0 spiro atoms. The Morgan fingerprint density at radius 3 is 1.69 bits per heavy atom. The Kier molecular flexibility index (Phi) is 6.74. The normalized spacial score (nSPS) is 12.4. The number of para-hydroxylation sites is 1. The van der Waals surface area contributed by atoms with Gasteiger partial charge in [-0.3, -0.25) is 0 Å². The molecule has 0 saturated heterocycles. The third kappa shape index (κ3) is 4.47. The van der Waals surface area contributed by atoms with Crippen molar-refractivity contribution in [2.24, 2.45) is 0 Å². The minimum atomic E-state index is 0.856. The molecule has 0 saturated carbocycles. The van der Waals surface area contributed by atoms with Crippen LogP contribution in [0.1, 0.15) is 11.1 Å². The molecule has 11 rings (SSSR count). The van der Waals surface area contributed by atoms with E-state index in [-0.39, 0.29) is 0 Å². The van der Waals surface area contributed by atoms with Gasteiger partial charge in [-0.15, -0.1) is 0 Å². The van der Waals surface area contributed by atoms with Crippen LogP contribution < -0.4 is 4.74 Å². The van der Waals surface area contributed by atoms with Crippen LogP contribution in [0.4, 0.5) is 0 Å². The van der Waals surface area contributed by atoms with Crippen molar-refractivity contribution in [1.82, 2.24) is 0 Å². The van der Waals surface area contributed by atoms with Crippen LogP contribution in [0.3, 0.4) is 0 Å². The predicted molar refractivity (Wildman–Crippen MR) is 226 cm³/mol. The third-order valence-corrected chi connectivity index (χ3v) is 11.1. The molecule has 1 aromatic heterocycles. The van der Waals surface area contributed by atoms with Gasteiger partial charge in [0.25, 0.3) is 0 Å². The zero-order chi connectivity index (χ0) is 35.8. The van der Waals surface area contributed by atoms with Crippen LogP contribution in [-0.2, 0) is 0 Å². The summed E-state index contributed by atoms with van der Waals surface area (Å²) in [5, 5.41) is 9.22. The SMILES string of the molecule is C=C/C=C(/c1ccccc1)c1cccc2c1Oc1ccc(-c3ccc4oc5ccc(-c6ccccc6)c6cccc(c7cccc3c47)c56)c3cccc-2c13. The first-order valence-electron chi connectivity index (χ1n) is 18.4. The summed E-state index contributed by atoms with van der Waals surface area (Å²) in [6, 6.07) is 60.4. The maximum atomic E-state index is 6.90. The number of allylic oxidation sites excluding steroid dienone is 2. The van der Waals surface area contributed by atoms with E-state index in [4.69, 9.17) is 9.15 Å². The summed E-state index contributed by atoms with van der Waals surface area (Å²) in [6.07, 6.45) is 3.91. The molecule has 0 radical (unpaired) electrons. The van der Waals surface area contributed by atoms with Crippen LogP contribution in [0.25, 0.3) is 93.2 Å². The highest BCUT2D eigenvalue weighted by Gasteiger charge is 2.26. The molecule has 9 aromatic carbocycles. The van der Waals surface area contributed by atoms with Gasteiger partial charge < -0.3 is 9.15 Å². The van der Waals surface area contributed by atoms with E-state index >= 15 is 0 Å². The molecule has 54 heavy (non-hydrogen) atoms. The maximum absolute atomic E-state index is 6.90. The van der Waals surface area contributed by atoms with E-state index < -0.39 is 0 Å². The molecule has 0 bridgehead atoms. The van der Waals surface area contributed by atoms with Crippen molar-refractivity contribution >= 4 is 59.8 Å². The quantitative estimate of drug-likeness (QED) is 0.168. The first-order valence-corrected chi connectivity index (χ1v) is 18.4. The number of ether oxygens (including phenoxy) is 1. The third-order valence-electron chi connectivity index (χ3n) is 11.1. The molecule has 1 aliphatic rings. The second kappa shape index (κ2) is 11.9. The number of hydrogen-bond donors (Lipinski definition) is 0. The van der Waals surface area contributed by atoms with Gasteiger partial charge in [-0.05, 0) is 84.1 Å². The van der Waals surface area contributed by atoms with Crippen LogP contribution >= 0.6 is 0 Å². The Morgan fingerprint density at radius 2 is 0.981 bits per heavy atom. The molecule has 0 amide bonds. The summed E-state index contributed by atoms with van der Waals surface area (Å²) in [5.41, 5.74) is 11.9. The first-order chi connectivity index (χ1) is 26.8. The Balaban J connectivity index is 1.13. The van der Waals surface area contributed by atoms with Gasteiger partial charge in [0.05, 0.1) is 0 Å². The van der Waals surface area contributed by atoms with Crippen LogP contribution in [-0.4, -0.2) is 0 Å². The van der Waals surface area contributed by atoms with Crippen molar-refractivity contribution in [3.8, 4) is 44.9 Å². The summed E-state index contributed by atoms with van der Waals surface area (Å²) in [7, 11) is 0. The number of benzene rings is 9. The number of hydrogen-bond acceptors (Lipinski definition) is 2. The molecule has 1 aliphatic heterocycles. The first kappa shape index (κ1) is 30.5. The molecule has 10 aromatic rings. The summed E-state index contributed by atoms with van der Waals surface area (Å²) in [4.78, 5) is 0. The molecule has 0 N–H and O–H groups in total. The molecule has 2 nitrogen and oxygen atoms in total. The second-order valence-corrected chi connectivity index (χ2v) is 14.0. The van der Waals surface area contributed by atoms with Gasteiger partial charge in [0, 0.05) is 27.3 Å². The predicted octanol–water partition coefficient (Wildman–Crippen LogP) is 14.8. The fraction of sp³-hybridized carbons (Fsp3) is 0. The van der Waals surface area contributed by atoms with Gasteiger partial charge in [-0.2, -0.15) is 0 Å². The van der Waals surface area contributed by atoms with Crippen molar-refractivity contribution in [2.45, 2.75) is 0 Å². The summed E-state index contributed by atoms with van der Waals surface area (Å²) >= 11 is 0. The van der Waals surface area contributed by atoms with Gasteiger partial charge in [0.1, 0.15) is 22.7 Å². The smallest absolute Gasteiger partial charge is 0.143 e. The number of fused-ring (bicyclic) bond motifs is 3. The van der Waals surface area contributed by atoms with E-state index in [1.165, 1.54) is 27.3 Å². The van der Waals surface area contributed by atoms with Crippen LogP contribution in [0.2, 0.25) is 0 Å². The summed E-state index contributed by atoms with van der Waals surface area (Å²) in [5.74, 6) is 1.72. The molecule has 2 heteroatoms. The van der Waals surface area contributed by atoms with Gasteiger partial charge in [-0.1, -0.05) is 170 Å². The van der Waals surface area contributed by atoms with E-state index in [1.807, 2.05) is 12.1 Å². The van der Waals surface area contributed by atoms with Gasteiger partial charge in [-0.25, -0.2) is 0 Å². The van der Waals surface area contributed by atoms with Crippen molar-refractivity contribution in [1.29, 1.82) is 0 Å². The Hall–Kier alpha value is -7.16. The minimum Gasteiger partial charge on any atom is -0.456 e. The molecular weight excluding hydrogens is 657 g/mol. The van der Waals surface area contributed by atoms with Crippen molar-refractivity contribution in [3.63, 3.8) is 0 Å². The van der Waals surface area contributed by atoms with Crippen LogP contribution in [0, 0.1) is 0 Å². The largest absolute Gasteiger partial charge is 0.456 e. The van der Waals surface area contributed by atoms with Crippen molar-refractivity contribution < 1.29 is 9.15 Å². The minimum absolute atomic E-state index is 0.856. The van der Waals surface area contributed by atoms with Crippen LogP contribution in [0.5, 0.6) is 11.5 Å². The van der Waals surface area contributed by atoms with E-state index in [0.717, 1.165) is 88.5 Å². The highest BCUT2D eigenvalue weighted by Crippen LogP contribution is 2.52. The monoisotopic (exact) mass is 688 g/mol. The van der Waals surface area contributed by atoms with Gasteiger partial charge in [0.15, 0.2) is 0 Å². The fourth-order valence-electron chi connectivity index (χ4n) is 8.77. The zero-order valence-electron chi connectivity index (χ0n) is 29.3. The van der Waals surface area contributed by atoms with E-state index in [0.29, 0.717) is 0 Å². The van der Waals surface area contributed by atoms with E-state index in [9.17, 15) is 0 Å². The molecule has 252 valence electrons. The Morgan fingerprint density at radius 1 is 0.426 bits per heavy atom. The average molecular weight is 689 g/mol. The second-order valence-electron chi connectivity index (χ2n) is 14.0. The van der Waals surface area contributed by atoms with E-state index in [2.05, 4.69) is 176 Å². The molecular formula is C52H32O2. The highest BCUT2D eigenvalue weighted by molar-refractivity contribution is 6.27. The highest BCUT2D eigenvalue weighted by atomic mass is 16.5. The molecule has 0 aliphatic carbocycles. The molecule has 0 atom stereocenters. The van der Waals surface area contributed by atoms with Gasteiger partial charge >= 0.3 is 0 Å². The lowest BCUT2D eigenvalue weighted by molar-refractivity contribution is 0.485. The topological polar surface area (TPSA) is 22.4 Å². The van der Waals surface area contributed by atoms with Crippen molar-refractivity contribution in [2.75, 3.05) is 0 Å².